The molecule has 23 heavy (non-hydrogen) atoms. The monoisotopic (exact) mass is 318 g/mol. The summed E-state index contributed by atoms with van der Waals surface area (Å²) in [6.07, 6.45) is 11.2. The van der Waals surface area contributed by atoms with E-state index < -0.39 is 0 Å². The van der Waals surface area contributed by atoms with Gasteiger partial charge in [-0.1, -0.05) is 25.5 Å². The van der Waals surface area contributed by atoms with E-state index in [0.29, 0.717) is 10.8 Å². The summed E-state index contributed by atoms with van der Waals surface area (Å²) in [7, 11) is 4.85. The fourth-order valence-corrected chi connectivity index (χ4v) is 7.34. The Morgan fingerprint density at radius 1 is 1.09 bits per heavy atom. The van der Waals surface area contributed by atoms with Crippen molar-refractivity contribution in [3.63, 3.8) is 0 Å². The largest absolute Gasteiger partial charge is 0.393 e. The number of allylic oxidation sites excluding steroid dienone is 1. The molecule has 0 radical (unpaired) electrons. The van der Waals surface area contributed by atoms with Crippen molar-refractivity contribution in [1.29, 1.82) is 0 Å². The number of fused-ring (bicyclic) bond motifs is 5. The summed E-state index contributed by atoms with van der Waals surface area (Å²) in [6.45, 7) is 7.86. The van der Waals surface area contributed by atoms with E-state index in [0.717, 1.165) is 30.6 Å². The van der Waals surface area contributed by atoms with E-state index in [1.807, 2.05) is 0 Å². The molecule has 0 bridgehead atoms. The molecule has 2 nitrogen and oxygen atoms in total. The van der Waals surface area contributed by atoms with Gasteiger partial charge in [-0.25, -0.2) is 0 Å². The molecule has 0 unspecified atom stereocenters. The highest BCUT2D eigenvalue weighted by molar-refractivity contribution is 5.24. The van der Waals surface area contributed by atoms with Crippen molar-refractivity contribution in [2.75, 3.05) is 27.2 Å². The highest BCUT2D eigenvalue weighted by Crippen LogP contribution is 2.62. The second-order valence-corrected chi connectivity index (χ2v) is 10.5. The van der Waals surface area contributed by atoms with Crippen molar-refractivity contribution < 1.29 is 9.59 Å². The van der Waals surface area contributed by atoms with Gasteiger partial charge in [0.2, 0.25) is 0 Å². The Morgan fingerprint density at radius 3 is 2.65 bits per heavy atom. The quantitative estimate of drug-likeness (QED) is 0.529. The van der Waals surface area contributed by atoms with Crippen LogP contribution in [0, 0.1) is 28.6 Å². The fourth-order valence-electron chi connectivity index (χ4n) is 7.34. The minimum atomic E-state index is -0.0764. The van der Waals surface area contributed by atoms with Gasteiger partial charge in [0.1, 0.15) is 0 Å². The van der Waals surface area contributed by atoms with Crippen molar-refractivity contribution in [2.45, 2.75) is 64.9 Å². The Bertz CT molecular complexity index is 524. The molecule has 3 aliphatic carbocycles. The number of aliphatic hydroxyl groups excluding tert-OH is 1. The molecule has 4 aliphatic rings. The van der Waals surface area contributed by atoms with Crippen molar-refractivity contribution in [3.05, 3.63) is 11.6 Å². The van der Waals surface area contributed by atoms with Gasteiger partial charge in [-0.2, -0.15) is 0 Å². The van der Waals surface area contributed by atoms with Crippen molar-refractivity contribution in [3.8, 4) is 0 Å². The van der Waals surface area contributed by atoms with Crippen LogP contribution in [0.3, 0.4) is 0 Å². The predicted molar refractivity (Wildman–Crippen MR) is 94.9 cm³/mol. The molecule has 3 fully saturated rings. The molecule has 0 amide bonds. The Hall–Kier alpha value is -0.340. The summed E-state index contributed by atoms with van der Waals surface area (Å²) < 4.78 is 1.22. The number of nitrogens with zero attached hydrogens (tertiary/aromatic N) is 1. The van der Waals surface area contributed by atoms with Crippen LogP contribution in [0.5, 0.6) is 0 Å². The highest BCUT2D eigenvalue weighted by atomic mass is 16.3. The normalized spacial score (nSPS) is 52.0. The molecular formula is C21H36NO+. The minimum Gasteiger partial charge on any atom is -0.393 e. The first kappa shape index (κ1) is 16.1. The van der Waals surface area contributed by atoms with Gasteiger partial charge in [-0.05, 0) is 61.7 Å². The molecule has 6 atom stereocenters. The third kappa shape index (κ3) is 2.43. The molecule has 2 heteroatoms. The third-order valence-electron chi connectivity index (χ3n) is 8.43. The maximum atomic E-state index is 10.1. The fraction of sp³-hybridized carbons (Fsp3) is 0.905. The molecular weight excluding hydrogens is 282 g/mol. The summed E-state index contributed by atoms with van der Waals surface area (Å²) in [5.41, 5.74) is 2.55. The van der Waals surface area contributed by atoms with E-state index in [1.165, 1.54) is 49.7 Å². The number of hydrogen-bond donors (Lipinski definition) is 1. The van der Waals surface area contributed by atoms with E-state index in [-0.39, 0.29) is 6.10 Å². The summed E-state index contributed by atoms with van der Waals surface area (Å²) in [4.78, 5) is 0. The number of aliphatic hydroxyl groups is 1. The number of quaternary nitrogens is 1. The number of rotatable bonds is 0. The summed E-state index contributed by atoms with van der Waals surface area (Å²) in [5.74, 6) is 2.70. The maximum Gasteiger partial charge on any atom is 0.0839 e. The maximum absolute atomic E-state index is 10.1. The van der Waals surface area contributed by atoms with Gasteiger partial charge in [0, 0.05) is 11.8 Å². The lowest BCUT2D eigenvalue weighted by Gasteiger charge is -2.61. The first-order chi connectivity index (χ1) is 10.7. The Morgan fingerprint density at radius 2 is 1.87 bits per heavy atom. The van der Waals surface area contributed by atoms with Crippen LogP contribution in [0.25, 0.3) is 0 Å². The molecule has 0 spiro atoms. The zero-order valence-corrected chi connectivity index (χ0v) is 15.6. The topological polar surface area (TPSA) is 20.2 Å². The minimum absolute atomic E-state index is 0.0764. The summed E-state index contributed by atoms with van der Waals surface area (Å²) in [6, 6.07) is 0. The molecule has 1 aliphatic heterocycles. The smallest absolute Gasteiger partial charge is 0.0839 e. The molecule has 4 rings (SSSR count). The van der Waals surface area contributed by atoms with E-state index in [1.54, 1.807) is 5.57 Å². The SMILES string of the molecule is C[C@]12CC[C@H]3[C@@H](CC=C4C[C@@H](O)CC[C@@]43C)[C@@H]1CC[N+](C)(C)C2. The Balaban J connectivity index is 1.64. The van der Waals surface area contributed by atoms with Crippen LogP contribution in [0.1, 0.15) is 58.8 Å². The lowest BCUT2D eigenvalue weighted by Crippen LogP contribution is -2.61. The molecule has 1 saturated heterocycles. The van der Waals surface area contributed by atoms with Crippen molar-refractivity contribution in [2.24, 2.45) is 28.6 Å². The molecule has 0 aromatic carbocycles. The van der Waals surface area contributed by atoms with Gasteiger partial charge >= 0.3 is 0 Å². The van der Waals surface area contributed by atoms with Gasteiger partial charge in [0.25, 0.3) is 0 Å². The average Bonchev–Trinajstić information content (AvgIpc) is 2.45. The molecule has 2 saturated carbocycles. The summed E-state index contributed by atoms with van der Waals surface area (Å²) >= 11 is 0. The van der Waals surface area contributed by atoms with Gasteiger partial charge in [-0.15, -0.1) is 0 Å². The average molecular weight is 319 g/mol. The van der Waals surface area contributed by atoms with Gasteiger partial charge in [-0.3, -0.25) is 0 Å². The van der Waals surface area contributed by atoms with E-state index in [2.05, 4.69) is 34.0 Å². The second kappa shape index (κ2) is 5.08. The lowest BCUT2D eigenvalue weighted by molar-refractivity contribution is -0.905. The number of likely N-dealkylation sites (tertiary alicyclic amines) is 1. The predicted octanol–water partition coefficient (Wildman–Crippen LogP) is 4.00. The molecule has 0 aromatic heterocycles. The Kier molecular flexibility index (Phi) is 3.57. The summed E-state index contributed by atoms with van der Waals surface area (Å²) in [5, 5.41) is 10.1. The zero-order chi connectivity index (χ0) is 16.5. The van der Waals surface area contributed by atoms with Crippen LogP contribution < -0.4 is 0 Å². The third-order valence-corrected chi connectivity index (χ3v) is 8.43. The lowest BCUT2D eigenvalue weighted by atomic mass is 9.46. The van der Waals surface area contributed by atoms with Gasteiger partial charge in [0.05, 0.1) is 33.3 Å². The van der Waals surface area contributed by atoms with Gasteiger partial charge in [0.15, 0.2) is 0 Å². The van der Waals surface area contributed by atoms with Crippen LogP contribution in [-0.4, -0.2) is 42.9 Å². The first-order valence-corrected chi connectivity index (χ1v) is 9.93. The Labute approximate surface area is 142 Å². The molecule has 0 aromatic rings. The van der Waals surface area contributed by atoms with Crippen LogP contribution in [0.15, 0.2) is 11.6 Å². The highest BCUT2D eigenvalue weighted by Gasteiger charge is 2.57. The molecule has 1 heterocycles. The van der Waals surface area contributed by atoms with E-state index in [9.17, 15) is 5.11 Å². The van der Waals surface area contributed by atoms with Crippen LogP contribution in [-0.2, 0) is 0 Å². The van der Waals surface area contributed by atoms with E-state index in [4.69, 9.17) is 0 Å². The van der Waals surface area contributed by atoms with Crippen LogP contribution >= 0.6 is 0 Å². The number of piperidine rings is 1. The molecule has 130 valence electrons. The second-order valence-electron chi connectivity index (χ2n) is 10.5. The first-order valence-electron chi connectivity index (χ1n) is 9.93. The van der Waals surface area contributed by atoms with Crippen molar-refractivity contribution in [1.82, 2.24) is 0 Å². The van der Waals surface area contributed by atoms with Gasteiger partial charge < -0.3 is 9.59 Å². The molecule has 1 N–H and O–H groups in total. The zero-order valence-electron chi connectivity index (χ0n) is 15.6. The van der Waals surface area contributed by atoms with E-state index >= 15 is 0 Å². The number of hydrogen-bond acceptors (Lipinski definition) is 1. The van der Waals surface area contributed by atoms with Crippen LogP contribution in [0.4, 0.5) is 0 Å². The van der Waals surface area contributed by atoms with Crippen molar-refractivity contribution >= 4 is 0 Å². The van der Waals surface area contributed by atoms with Crippen LogP contribution in [0.2, 0.25) is 0 Å². The standard InChI is InChI=1S/C21H36NO/c1-20-10-8-19-17(18(20)9-12-22(3,4)14-20)6-5-15-13-16(23)7-11-21(15,19)2/h5,16-19,23H,6-14H2,1-4H3/q+1/t16-,17-,18-,19-,20+,21-/m0/s1.